The predicted molar refractivity (Wildman–Crippen MR) is 61.2 cm³/mol. The molecule has 0 aromatic carbocycles. The van der Waals surface area contributed by atoms with Gasteiger partial charge in [-0.05, 0) is 41.5 Å². The standard InChI is InChI=1S/C11H21N3O2/c1-10(2,3)13-7(15)8(16)14(9(13)12)11(4,5)6/h9H,12H2,1-6H3. The predicted octanol–water partition coefficient (Wildman–Crippen LogP) is 0.497. The quantitative estimate of drug-likeness (QED) is 0.613. The molecule has 2 amide bonds. The molecular weight excluding hydrogens is 206 g/mol. The van der Waals surface area contributed by atoms with Crippen LogP contribution in [0.2, 0.25) is 0 Å². The largest absolute Gasteiger partial charge is 0.315 e. The highest BCUT2D eigenvalue weighted by Crippen LogP contribution is 2.28. The molecule has 0 aromatic rings. The van der Waals surface area contributed by atoms with E-state index in [9.17, 15) is 9.59 Å². The maximum absolute atomic E-state index is 11.9. The van der Waals surface area contributed by atoms with Gasteiger partial charge in [0.25, 0.3) is 0 Å². The van der Waals surface area contributed by atoms with Crippen molar-refractivity contribution in [1.29, 1.82) is 0 Å². The van der Waals surface area contributed by atoms with Crippen LogP contribution in [-0.2, 0) is 9.59 Å². The summed E-state index contributed by atoms with van der Waals surface area (Å²) in [4.78, 5) is 26.6. The van der Waals surface area contributed by atoms with Crippen LogP contribution < -0.4 is 5.73 Å². The third kappa shape index (κ3) is 1.91. The SMILES string of the molecule is CC(C)(C)N1C(=O)C(=O)N(C(C)(C)C)C1N. The highest BCUT2D eigenvalue weighted by molar-refractivity contribution is 6.37. The molecule has 5 nitrogen and oxygen atoms in total. The molecule has 1 aliphatic rings. The second kappa shape index (κ2) is 3.45. The van der Waals surface area contributed by atoms with E-state index in [0.717, 1.165) is 0 Å². The number of hydrogen-bond acceptors (Lipinski definition) is 3. The Morgan fingerprint density at radius 3 is 1.25 bits per heavy atom. The molecule has 1 rings (SSSR count). The van der Waals surface area contributed by atoms with Gasteiger partial charge in [-0.2, -0.15) is 0 Å². The summed E-state index contributed by atoms with van der Waals surface area (Å²) in [5.41, 5.74) is 5.08. The molecule has 0 aliphatic carbocycles. The molecule has 0 aromatic heterocycles. The lowest BCUT2D eigenvalue weighted by Gasteiger charge is -2.40. The first kappa shape index (κ1) is 13.0. The molecule has 1 fully saturated rings. The van der Waals surface area contributed by atoms with Crippen molar-refractivity contribution in [3.05, 3.63) is 0 Å². The first-order chi connectivity index (χ1) is 6.98. The molecule has 0 bridgehead atoms. The van der Waals surface area contributed by atoms with Crippen LogP contribution in [0.25, 0.3) is 0 Å². The first-order valence-corrected chi connectivity index (χ1v) is 5.40. The number of rotatable bonds is 0. The fraction of sp³-hybridized carbons (Fsp3) is 0.818. The van der Waals surface area contributed by atoms with E-state index in [1.54, 1.807) is 0 Å². The number of hydrogen-bond donors (Lipinski definition) is 1. The lowest BCUT2D eigenvalue weighted by molar-refractivity contribution is -0.146. The summed E-state index contributed by atoms with van der Waals surface area (Å²) in [6, 6.07) is 0. The lowest BCUT2D eigenvalue weighted by Crippen LogP contribution is -2.58. The van der Waals surface area contributed by atoms with Crippen LogP contribution in [0.1, 0.15) is 41.5 Å². The minimum Gasteiger partial charge on any atom is -0.296 e. The zero-order valence-corrected chi connectivity index (χ0v) is 10.9. The number of nitrogens with zero attached hydrogens (tertiary/aromatic N) is 2. The van der Waals surface area contributed by atoms with Gasteiger partial charge in [-0.15, -0.1) is 0 Å². The Morgan fingerprint density at radius 1 is 0.875 bits per heavy atom. The van der Waals surface area contributed by atoms with Gasteiger partial charge in [0.2, 0.25) is 0 Å². The molecule has 1 saturated heterocycles. The average molecular weight is 227 g/mol. The maximum Gasteiger partial charge on any atom is 0.315 e. The smallest absolute Gasteiger partial charge is 0.296 e. The Morgan fingerprint density at radius 2 is 1.12 bits per heavy atom. The van der Waals surface area contributed by atoms with Gasteiger partial charge in [0.05, 0.1) is 0 Å². The van der Waals surface area contributed by atoms with Crippen LogP contribution in [0.15, 0.2) is 0 Å². The number of nitrogens with two attached hydrogens (primary N) is 1. The van der Waals surface area contributed by atoms with E-state index >= 15 is 0 Å². The van der Waals surface area contributed by atoms with E-state index < -0.39 is 29.2 Å². The van der Waals surface area contributed by atoms with Crippen molar-refractivity contribution in [3.8, 4) is 0 Å². The summed E-state index contributed by atoms with van der Waals surface area (Å²) in [6.45, 7) is 11.2. The van der Waals surface area contributed by atoms with Crippen LogP contribution in [0.4, 0.5) is 0 Å². The van der Waals surface area contributed by atoms with E-state index in [-0.39, 0.29) is 0 Å². The van der Waals surface area contributed by atoms with E-state index in [1.807, 2.05) is 41.5 Å². The van der Waals surface area contributed by atoms with Crippen LogP contribution in [0, 0.1) is 0 Å². The molecule has 92 valence electrons. The average Bonchev–Trinajstić information content (AvgIpc) is 2.19. The number of amides is 2. The summed E-state index contributed by atoms with van der Waals surface area (Å²) >= 11 is 0. The van der Waals surface area contributed by atoms with E-state index in [0.29, 0.717) is 0 Å². The Hall–Kier alpha value is -1.10. The van der Waals surface area contributed by atoms with Gasteiger partial charge in [0.15, 0.2) is 6.29 Å². The molecule has 0 unspecified atom stereocenters. The van der Waals surface area contributed by atoms with Gasteiger partial charge in [-0.1, -0.05) is 0 Å². The molecule has 1 heterocycles. The molecule has 5 heteroatoms. The van der Waals surface area contributed by atoms with Gasteiger partial charge in [0, 0.05) is 11.1 Å². The molecule has 0 saturated carbocycles. The van der Waals surface area contributed by atoms with Crippen molar-refractivity contribution in [3.63, 3.8) is 0 Å². The molecule has 0 radical (unpaired) electrons. The van der Waals surface area contributed by atoms with E-state index in [2.05, 4.69) is 0 Å². The topological polar surface area (TPSA) is 66.6 Å². The van der Waals surface area contributed by atoms with Crippen molar-refractivity contribution < 1.29 is 9.59 Å². The summed E-state index contributed by atoms with van der Waals surface area (Å²) < 4.78 is 0. The monoisotopic (exact) mass is 227 g/mol. The molecule has 1 aliphatic heterocycles. The third-order valence-electron chi connectivity index (χ3n) is 2.60. The highest BCUT2D eigenvalue weighted by Gasteiger charge is 2.51. The molecule has 2 N–H and O–H groups in total. The Balaban J connectivity index is 3.15. The Kier molecular flexibility index (Phi) is 2.79. The molecule has 16 heavy (non-hydrogen) atoms. The van der Waals surface area contributed by atoms with Gasteiger partial charge in [-0.25, -0.2) is 0 Å². The summed E-state index contributed by atoms with van der Waals surface area (Å²) in [6.07, 6.45) is -0.681. The van der Waals surface area contributed by atoms with Crippen LogP contribution >= 0.6 is 0 Å². The highest BCUT2D eigenvalue weighted by atomic mass is 16.2. The van der Waals surface area contributed by atoms with Gasteiger partial charge in [0.1, 0.15) is 0 Å². The first-order valence-electron chi connectivity index (χ1n) is 5.40. The van der Waals surface area contributed by atoms with Crippen molar-refractivity contribution in [1.82, 2.24) is 9.80 Å². The second-order valence-corrected chi connectivity index (χ2v) is 6.11. The van der Waals surface area contributed by atoms with Gasteiger partial charge < -0.3 is 0 Å². The van der Waals surface area contributed by atoms with Crippen molar-refractivity contribution >= 4 is 11.8 Å². The third-order valence-corrected chi connectivity index (χ3v) is 2.60. The number of carbonyl (C=O) groups excluding carboxylic acids is 2. The van der Waals surface area contributed by atoms with Crippen LogP contribution in [-0.4, -0.2) is 39.0 Å². The second-order valence-electron chi connectivity index (χ2n) is 6.11. The zero-order valence-electron chi connectivity index (χ0n) is 10.9. The van der Waals surface area contributed by atoms with Crippen LogP contribution in [0.3, 0.4) is 0 Å². The minimum atomic E-state index is -0.681. The summed E-state index contributed by atoms with van der Waals surface area (Å²) in [5.74, 6) is -1.04. The normalized spacial score (nSPS) is 19.9. The van der Waals surface area contributed by atoms with Gasteiger partial charge in [-0.3, -0.25) is 25.1 Å². The van der Waals surface area contributed by atoms with Crippen molar-refractivity contribution in [2.24, 2.45) is 5.73 Å². The number of carbonyl (C=O) groups is 2. The Labute approximate surface area is 96.6 Å². The van der Waals surface area contributed by atoms with Crippen LogP contribution in [0.5, 0.6) is 0 Å². The van der Waals surface area contributed by atoms with E-state index in [4.69, 9.17) is 5.73 Å². The minimum absolute atomic E-state index is 0.452. The summed E-state index contributed by atoms with van der Waals surface area (Å²) in [7, 11) is 0. The maximum atomic E-state index is 11.9. The molecule has 0 atom stereocenters. The zero-order chi connectivity index (χ0) is 12.9. The van der Waals surface area contributed by atoms with E-state index in [1.165, 1.54) is 9.80 Å². The summed E-state index contributed by atoms with van der Waals surface area (Å²) in [5, 5.41) is 0. The van der Waals surface area contributed by atoms with Crippen molar-refractivity contribution in [2.75, 3.05) is 0 Å². The molecular formula is C11H21N3O2. The fourth-order valence-corrected chi connectivity index (χ4v) is 1.96. The van der Waals surface area contributed by atoms with Gasteiger partial charge >= 0.3 is 11.8 Å². The van der Waals surface area contributed by atoms with Crippen molar-refractivity contribution in [2.45, 2.75) is 58.9 Å². The lowest BCUT2D eigenvalue weighted by atomic mass is 10.1. The Bertz CT molecular complexity index is 293. The fourth-order valence-electron chi connectivity index (χ4n) is 1.96. The molecule has 0 spiro atoms.